The molecule has 0 fully saturated rings. The number of nitrogens with one attached hydrogen (secondary N) is 1. The second-order valence-corrected chi connectivity index (χ2v) is 9.78. The first-order chi connectivity index (χ1) is 17.6. The number of nitrogens with two attached hydrogens (primary N) is 1. The van der Waals surface area contributed by atoms with E-state index in [0.29, 0.717) is 5.69 Å². The van der Waals surface area contributed by atoms with Gasteiger partial charge in [-0.2, -0.15) is 9.61 Å². The molecule has 0 saturated heterocycles. The maximum atomic E-state index is 6.22. The number of rotatable bonds is 9. The molecule has 0 radical (unpaired) electrons. The van der Waals surface area contributed by atoms with E-state index in [9.17, 15) is 0 Å². The van der Waals surface area contributed by atoms with Crippen LogP contribution >= 0.6 is 15.9 Å². The number of fused-ring (bicyclic) bond motifs is 1. The number of benzene rings is 3. The normalized spacial score (nSPS) is 11.3. The second-order valence-electron chi connectivity index (χ2n) is 8.93. The molecule has 0 aliphatic rings. The number of nitrogens with zero attached hydrogens (tertiary/aromatic N) is 4. The number of aromatic nitrogens is 3. The Morgan fingerprint density at radius 1 is 0.944 bits per heavy atom. The van der Waals surface area contributed by atoms with Gasteiger partial charge < -0.3 is 16.0 Å². The van der Waals surface area contributed by atoms with E-state index in [1.54, 1.807) is 6.20 Å². The van der Waals surface area contributed by atoms with Crippen LogP contribution in [0.3, 0.4) is 0 Å². The molecular weight excluding hydrogens is 512 g/mol. The molecule has 2 aromatic heterocycles. The van der Waals surface area contributed by atoms with Crippen LogP contribution in [-0.2, 0) is 6.54 Å². The highest BCUT2D eigenvalue weighted by Gasteiger charge is 2.13. The van der Waals surface area contributed by atoms with Gasteiger partial charge in [-0.3, -0.25) is 0 Å². The average molecular weight is 541 g/mol. The molecule has 0 atom stereocenters. The summed E-state index contributed by atoms with van der Waals surface area (Å²) in [5.74, 6) is 0.891. The molecule has 36 heavy (non-hydrogen) atoms. The van der Waals surface area contributed by atoms with Crippen LogP contribution in [-0.4, -0.2) is 39.6 Å². The Bertz CT molecular complexity index is 1460. The summed E-state index contributed by atoms with van der Waals surface area (Å²) in [4.78, 5) is 7.14. The van der Waals surface area contributed by atoms with Gasteiger partial charge in [-0.1, -0.05) is 66.7 Å². The van der Waals surface area contributed by atoms with E-state index in [4.69, 9.17) is 10.7 Å². The Balaban J connectivity index is 1.22. The Morgan fingerprint density at radius 3 is 2.56 bits per heavy atom. The summed E-state index contributed by atoms with van der Waals surface area (Å²) < 4.78 is 2.67. The van der Waals surface area contributed by atoms with Crippen LogP contribution in [0, 0.1) is 0 Å². The van der Waals surface area contributed by atoms with Gasteiger partial charge in [0.15, 0.2) is 5.65 Å². The summed E-state index contributed by atoms with van der Waals surface area (Å²) in [6.07, 6.45) is 2.76. The lowest BCUT2D eigenvalue weighted by atomic mass is 10.0. The van der Waals surface area contributed by atoms with Crippen LogP contribution in [0.1, 0.15) is 12.0 Å². The third kappa shape index (κ3) is 5.42. The Kier molecular flexibility index (Phi) is 7.30. The predicted octanol–water partition coefficient (Wildman–Crippen LogP) is 6.34. The number of para-hydroxylation sites is 1. The van der Waals surface area contributed by atoms with Crippen LogP contribution in [0.4, 0.5) is 11.5 Å². The van der Waals surface area contributed by atoms with Crippen LogP contribution in [0.25, 0.3) is 28.0 Å². The van der Waals surface area contributed by atoms with Gasteiger partial charge in [0, 0.05) is 30.4 Å². The molecule has 0 aliphatic heterocycles. The van der Waals surface area contributed by atoms with Crippen molar-refractivity contribution in [2.75, 3.05) is 31.2 Å². The fraction of sp³-hybridized carbons (Fsp3) is 0.172. The minimum absolute atomic E-state index is 0.703. The summed E-state index contributed by atoms with van der Waals surface area (Å²) in [6, 6.07) is 29.1. The van der Waals surface area contributed by atoms with Crippen LogP contribution < -0.4 is 11.1 Å². The highest BCUT2D eigenvalue weighted by atomic mass is 79.9. The zero-order valence-corrected chi connectivity index (χ0v) is 21.8. The maximum Gasteiger partial charge on any atom is 0.172 e. The quantitative estimate of drug-likeness (QED) is 0.168. The summed E-state index contributed by atoms with van der Waals surface area (Å²) in [7, 11) is 2.17. The van der Waals surface area contributed by atoms with Crippen molar-refractivity contribution in [3.8, 4) is 22.4 Å². The molecule has 7 heteroatoms. The van der Waals surface area contributed by atoms with Gasteiger partial charge in [-0.25, -0.2) is 4.98 Å². The zero-order valence-electron chi connectivity index (χ0n) is 20.2. The molecule has 0 bridgehead atoms. The number of nitrogen functional groups attached to an aromatic ring is 1. The van der Waals surface area contributed by atoms with E-state index in [0.717, 1.165) is 53.3 Å². The minimum Gasteiger partial charge on any atom is -0.398 e. The number of halogens is 1. The lowest BCUT2D eigenvalue weighted by Gasteiger charge is -2.18. The third-order valence-corrected chi connectivity index (χ3v) is 6.73. The summed E-state index contributed by atoms with van der Waals surface area (Å²) >= 11 is 3.57. The molecule has 3 aromatic carbocycles. The van der Waals surface area contributed by atoms with Gasteiger partial charge in [0.2, 0.25) is 0 Å². The molecule has 2 heterocycles. The molecule has 0 spiro atoms. The highest BCUT2D eigenvalue weighted by Crippen LogP contribution is 2.29. The van der Waals surface area contributed by atoms with E-state index < -0.39 is 0 Å². The summed E-state index contributed by atoms with van der Waals surface area (Å²) in [5.41, 5.74) is 13.2. The molecule has 5 rings (SSSR count). The maximum absolute atomic E-state index is 6.22. The molecule has 3 N–H and O–H groups in total. The Labute approximate surface area is 219 Å². The fourth-order valence-electron chi connectivity index (χ4n) is 4.37. The van der Waals surface area contributed by atoms with Crippen molar-refractivity contribution in [2.24, 2.45) is 0 Å². The Hall–Kier alpha value is -3.68. The van der Waals surface area contributed by atoms with Gasteiger partial charge >= 0.3 is 0 Å². The molecule has 0 saturated carbocycles. The first-order valence-corrected chi connectivity index (χ1v) is 12.8. The van der Waals surface area contributed by atoms with Crippen molar-refractivity contribution in [1.82, 2.24) is 19.5 Å². The number of hydrogen-bond donors (Lipinski definition) is 2. The lowest BCUT2D eigenvalue weighted by molar-refractivity contribution is 0.325. The Morgan fingerprint density at radius 2 is 1.72 bits per heavy atom. The molecule has 6 nitrogen and oxygen atoms in total. The first kappa shape index (κ1) is 24.0. The molecule has 182 valence electrons. The van der Waals surface area contributed by atoms with Gasteiger partial charge in [0.1, 0.15) is 5.82 Å². The minimum atomic E-state index is 0.703. The number of anilines is 2. The SMILES string of the molecule is CN(CCCNc1cc(-c2ccccc2N)nc2c(Br)cnn12)Cc1cccc(-c2ccccc2)c1. The van der Waals surface area contributed by atoms with E-state index in [-0.39, 0.29) is 0 Å². The van der Waals surface area contributed by atoms with Gasteiger partial charge in [-0.15, -0.1) is 0 Å². The van der Waals surface area contributed by atoms with Crippen molar-refractivity contribution < 1.29 is 0 Å². The predicted molar refractivity (Wildman–Crippen MR) is 152 cm³/mol. The second kappa shape index (κ2) is 10.9. The van der Waals surface area contributed by atoms with Crippen molar-refractivity contribution in [1.29, 1.82) is 0 Å². The van der Waals surface area contributed by atoms with Gasteiger partial charge in [-0.05, 0) is 64.8 Å². The lowest BCUT2D eigenvalue weighted by Crippen LogP contribution is -2.21. The van der Waals surface area contributed by atoms with Crippen LogP contribution in [0.5, 0.6) is 0 Å². The molecule has 0 aliphatic carbocycles. The average Bonchev–Trinajstić information content (AvgIpc) is 3.28. The van der Waals surface area contributed by atoms with E-state index in [1.807, 2.05) is 34.8 Å². The van der Waals surface area contributed by atoms with E-state index in [1.165, 1.54) is 16.7 Å². The van der Waals surface area contributed by atoms with Gasteiger partial charge in [0.25, 0.3) is 0 Å². The molecule has 0 unspecified atom stereocenters. The molecule has 5 aromatic rings. The van der Waals surface area contributed by atoms with Crippen molar-refractivity contribution in [2.45, 2.75) is 13.0 Å². The van der Waals surface area contributed by atoms with Crippen molar-refractivity contribution in [3.05, 3.63) is 101 Å². The standard InChI is InChI=1S/C29H29BrN6/c1-35(20-21-9-7-12-23(17-21)22-10-3-2-4-11-22)16-8-15-32-28-18-27(24-13-5-6-14-26(24)31)34-29-25(30)19-33-36(28)29/h2-7,9-14,17-19,32H,8,15-16,20,31H2,1H3. The van der Waals surface area contributed by atoms with Crippen LogP contribution in [0.2, 0.25) is 0 Å². The topological polar surface area (TPSA) is 71.5 Å². The van der Waals surface area contributed by atoms with E-state index >= 15 is 0 Å². The van der Waals surface area contributed by atoms with Gasteiger partial charge in [0.05, 0.1) is 16.4 Å². The fourth-order valence-corrected chi connectivity index (χ4v) is 4.71. The smallest absolute Gasteiger partial charge is 0.172 e. The summed E-state index contributed by atoms with van der Waals surface area (Å²) in [5, 5.41) is 8.03. The summed E-state index contributed by atoms with van der Waals surface area (Å²) in [6.45, 7) is 2.69. The highest BCUT2D eigenvalue weighted by molar-refractivity contribution is 9.10. The first-order valence-electron chi connectivity index (χ1n) is 12.0. The third-order valence-electron chi connectivity index (χ3n) is 6.17. The van der Waals surface area contributed by atoms with Crippen molar-refractivity contribution >= 4 is 33.1 Å². The zero-order chi connectivity index (χ0) is 24.9. The molecular formula is C29H29BrN6. The molecule has 0 amide bonds. The number of hydrogen-bond acceptors (Lipinski definition) is 5. The van der Waals surface area contributed by atoms with E-state index in [2.05, 4.69) is 92.9 Å². The largest absolute Gasteiger partial charge is 0.398 e. The monoisotopic (exact) mass is 540 g/mol. The van der Waals surface area contributed by atoms with Crippen LogP contribution in [0.15, 0.2) is 95.6 Å². The van der Waals surface area contributed by atoms with Crippen molar-refractivity contribution in [3.63, 3.8) is 0 Å².